The fourth-order valence-corrected chi connectivity index (χ4v) is 2.99. The van der Waals surface area contributed by atoms with E-state index >= 15 is 0 Å². The van der Waals surface area contributed by atoms with Gasteiger partial charge in [-0.2, -0.15) is 0 Å². The summed E-state index contributed by atoms with van der Waals surface area (Å²) in [6.07, 6.45) is 8.22. The highest BCUT2D eigenvalue weighted by molar-refractivity contribution is 5.82. The first-order valence-corrected chi connectivity index (χ1v) is 9.86. The number of hydrogen-bond acceptors (Lipinski definition) is 6. The van der Waals surface area contributed by atoms with Crippen LogP contribution in [0.2, 0.25) is 0 Å². The molecule has 0 radical (unpaired) electrons. The molecule has 1 rings (SSSR count). The lowest BCUT2D eigenvalue weighted by Crippen LogP contribution is -2.30. The number of hydrogen-bond donors (Lipinski definition) is 2. The minimum atomic E-state index is -1.14. The molecule has 1 heterocycles. The van der Waals surface area contributed by atoms with Crippen molar-refractivity contribution in [3.05, 3.63) is 12.2 Å². The quantitative estimate of drug-likeness (QED) is 0.716. The number of carboxylic acid groups (broad SMARTS) is 1. The van der Waals surface area contributed by atoms with Crippen LogP contribution >= 0.6 is 0 Å². The number of aliphatic carboxylic acids is 1. The monoisotopic (exact) mass is 384 g/mol. The number of cyclic esters (lactones) is 1. The smallest absolute Gasteiger partial charge is 0.330 e. The average Bonchev–Trinajstić information content (AvgIpc) is 2.61. The first-order chi connectivity index (χ1) is 12.9. The Morgan fingerprint density at radius 1 is 1.07 bits per heavy atom. The van der Waals surface area contributed by atoms with Gasteiger partial charge in [-0.3, -0.25) is 9.59 Å². The molecule has 0 saturated carbocycles. The molecule has 0 amide bonds. The minimum Gasteiger partial charge on any atom is -0.481 e. The highest BCUT2D eigenvalue weighted by Crippen LogP contribution is 2.17. The van der Waals surface area contributed by atoms with Gasteiger partial charge in [0.1, 0.15) is 12.2 Å². The molecule has 0 saturated heterocycles. The topological polar surface area (TPSA) is 110 Å². The second-order valence-corrected chi connectivity index (χ2v) is 7.07. The molecule has 3 atom stereocenters. The molecule has 0 unspecified atom stereocenters. The zero-order valence-electron chi connectivity index (χ0n) is 16.1. The zero-order valence-corrected chi connectivity index (χ0v) is 16.1. The van der Waals surface area contributed by atoms with E-state index in [4.69, 9.17) is 14.6 Å². The van der Waals surface area contributed by atoms with E-state index in [1.54, 1.807) is 0 Å². The molecule has 1 aliphatic rings. The summed E-state index contributed by atoms with van der Waals surface area (Å²) < 4.78 is 10.5. The Balaban J connectivity index is 2.69. The summed E-state index contributed by atoms with van der Waals surface area (Å²) in [5.74, 6) is -2.28. The Morgan fingerprint density at radius 3 is 2.30 bits per heavy atom. The van der Waals surface area contributed by atoms with E-state index in [1.807, 2.05) is 6.92 Å². The van der Waals surface area contributed by atoms with Crippen molar-refractivity contribution in [2.45, 2.75) is 95.9 Å². The lowest BCUT2D eigenvalue weighted by atomic mass is 10.0. The van der Waals surface area contributed by atoms with Crippen molar-refractivity contribution >= 4 is 17.9 Å². The molecule has 1 aliphatic heterocycles. The molecule has 2 N–H and O–H groups in total. The fourth-order valence-electron chi connectivity index (χ4n) is 2.99. The molecule has 0 aromatic carbocycles. The van der Waals surface area contributed by atoms with Crippen molar-refractivity contribution in [2.24, 2.45) is 0 Å². The van der Waals surface area contributed by atoms with Gasteiger partial charge < -0.3 is 19.7 Å². The fraction of sp³-hybridized carbons (Fsp3) is 0.750. The van der Waals surface area contributed by atoms with E-state index in [0.29, 0.717) is 6.42 Å². The first kappa shape index (κ1) is 23.1. The van der Waals surface area contributed by atoms with Crippen molar-refractivity contribution < 1.29 is 34.1 Å². The summed E-state index contributed by atoms with van der Waals surface area (Å²) >= 11 is 0. The van der Waals surface area contributed by atoms with E-state index in [-0.39, 0.29) is 18.9 Å². The number of carboxylic acids is 1. The van der Waals surface area contributed by atoms with Crippen molar-refractivity contribution in [3.8, 4) is 0 Å². The summed E-state index contributed by atoms with van der Waals surface area (Å²) in [6, 6.07) is 0. The van der Waals surface area contributed by atoms with E-state index in [0.717, 1.165) is 57.4 Å². The van der Waals surface area contributed by atoms with Gasteiger partial charge in [0, 0.05) is 6.08 Å². The van der Waals surface area contributed by atoms with Crippen molar-refractivity contribution in [1.29, 1.82) is 0 Å². The van der Waals surface area contributed by atoms with Gasteiger partial charge in [-0.1, -0.05) is 32.1 Å². The van der Waals surface area contributed by atoms with E-state index in [2.05, 4.69) is 0 Å². The van der Waals surface area contributed by atoms with Crippen LogP contribution in [0.5, 0.6) is 0 Å². The summed E-state index contributed by atoms with van der Waals surface area (Å²) in [6.45, 7) is 1.85. The van der Waals surface area contributed by atoms with Gasteiger partial charge in [0.2, 0.25) is 0 Å². The summed E-state index contributed by atoms with van der Waals surface area (Å²) in [5, 5.41) is 19.0. The number of aliphatic hydroxyl groups is 1. The number of aliphatic hydroxyl groups excluding tert-OH is 1. The first-order valence-electron chi connectivity index (χ1n) is 9.86. The molecule has 0 aromatic heterocycles. The van der Waals surface area contributed by atoms with Crippen LogP contribution in [0.15, 0.2) is 12.2 Å². The average molecular weight is 384 g/mol. The van der Waals surface area contributed by atoms with Crippen molar-refractivity contribution in [3.63, 3.8) is 0 Å². The Hall–Kier alpha value is -1.89. The molecule has 0 spiro atoms. The predicted octanol–water partition coefficient (Wildman–Crippen LogP) is 3.14. The van der Waals surface area contributed by atoms with Gasteiger partial charge in [0.15, 0.2) is 0 Å². The van der Waals surface area contributed by atoms with Crippen LogP contribution in [-0.4, -0.2) is 46.4 Å². The maximum absolute atomic E-state index is 11.8. The zero-order chi connectivity index (χ0) is 20.1. The lowest BCUT2D eigenvalue weighted by molar-refractivity contribution is -0.156. The van der Waals surface area contributed by atoms with Crippen LogP contribution in [0, 0.1) is 0 Å². The third-order valence-corrected chi connectivity index (χ3v) is 4.55. The molecule has 0 fully saturated rings. The second kappa shape index (κ2) is 13.3. The summed E-state index contributed by atoms with van der Waals surface area (Å²) in [7, 11) is 0. The minimum absolute atomic E-state index is 0.183. The van der Waals surface area contributed by atoms with Gasteiger partial charge in [-0.05, 0) is 38.7 Å². The van der Waals surface area contributed by atoms with Crippen LogP contribution in [0.25, 0.3) is 0 Å². The Labute approximate surface area is 160 Å². The van der Waals surface area contributed by atoms with Crippen molar-refractivity contribution in [1.82, 2.24) is 0 Å². The third-order valence-electron chi connectivity index (χ3n) is 4.55. The molecule has 0 aromatic rings. The molecule has 154 valence electrons. The number of ether oxygens (including phenoxy) is 2. The molecule has 7 nitrogen and oxygen atoms in total. The Bertz CT molecular complexity index is 501. The summed E-state index contributed by atoms with van der Waals surface area (Å²) in [5.41, 5.74) is 0. The number of carbonyl (C=O) groups excluding carboxylic acids is 2. The Kier molecular flexibility index (Phi) is 11.4. The summed E-state index contributed by atoms with van der Waals surface area (Å²) in [4.78, 5) is 34.2. The molecular weight excluding hydrogens is 352 g/mol. The van der Waals surface area contributed by atoms with Gasteiger partial charge in [-0.25, -0.2) is 4.79 Å². The molecule has 7 heteroatoms. The number of esters is 2. The molecule has 0 aliphatic carbocycles. The predicted molar refractivity (Wildman–Crippen MR) is 99.0 cm³/mol. The standard InChI is InChI=1S/C20H32O7/c1-15-9-7-5-3-2-4-6-8-10-17(16(21)11-13-19(24)26-15)27-20(25)14-12-18(22)23/h11,13,15-17,21H,2-10,12,14H2,1H3,(H,22,23)/t15-,16-,17+/m1/s1. The Morgan fingerprint density at radius 2 is 1.67 bits per heavy atom. The maximum Gasteiger partial charge on any atom is 0.330 e. The normalized spacial score (nSPS) is 26.1. The van der Waals surface area contributed by atoms with Crippen LogP contribution < -0.4 is 0 Å². The van der Waals surface area contributed by atoms with Crippen LogP contribution in [-0.2, 0) is 23.9 Å². The van der Waals surface area contributed by atoms with E-state index in [9.17, 15) is 19.5 Å². The van der Waals surface area contributed by atoms with E-state index in [1.165, 1.54) is 6.08 Å². The van der Waals surface area contributed by atoms with Gasteiger partial charge in [-0.15, -0.1) is 0 Å². The number of carbonyl (C=O) groups is 3. The SMILES string of the molecule is C[C@@H]1CCCCCCCCC[C@H](OC(=O)CCC(=O)O)[C@H](O)C=CC(=O)O1. The van der Waals surface area contributed by atoms with Crippen LogP contribution in [0.4, 0.5) is 0 Å². The van der Waals surface area contributed by atoms with E-state index < -0.39 is 30.1 Å². The molecular formula is C20H32O7. The second-order valence-electron chi connectivity index (χ2n) is 7.07. The van der Waals surface area contributed by atoms with Gasteiger partial charge in [0.25, 0.3) is 0 Å². The lowest BCUT2D eigenvalue weighted by Gasteiger charge is -2.21. The highest BCUT2D eigenvalue weighted by atomic mass is 16.6. The molecule has 27 heavy (non-hydrogen) atoms. The maximum atomic E-state index is 11.8. The van der Waals surface area contributed by atoms with Crippen LogP contribution in [0.3, 0.4) is 0 Å². The largest absolute Gasteiger partial charge is 0.481 e. The number of rotatable bonds is 4. The highest BCUT2D eigenvalue weighted by Gasteiger charge is 2.22. The van der Waals surface area contributed by atoms with Crippen LogP contribution in [0.1, 0.15) is 77.6 Å². The van der Waals surface area contributed by atoms with Gasteiger partial charge in [0.05, 0.1) is 18.9 Å². The molecule has 0 bridgehead atoms. The third kappa shape index (κ3) is 11.4. The van der Waals surface area contributed by atoms with Crippen molar-refractivity contribution in [2.75, 3.05) is 0 Å². The van der Waals surface area contributed by atoms with Gasteiger partial charge >= 0.3 is 17.9 Å².